The quantitative estimate of drug-likeness (QED) is 0.929. The lowest BCUT2D eigenvalue weighted by molar-refractivity contribution is 0.171. The largest absolute Gasteiger partial charge is 0.486 e. The van der Waals surface area contributed by atoms with Crippen LogP contribution in [-0.4, -0.2) is 13.2 Å². The van der Waals surface area contributed by atoms with Gasteiger partial charge in [0.05, 0.1) is 6.04 Å². The van der Waals surface area contributed by atoms with Crippen LogP contribution in [0.1, 0.15) is 43.0 Å². The van der Waals surface area contributed by atoms with Crippen molar-refractivity contribution in [2.24, 2.45) is 0 Å². The molecule has 1 aromatic carbocycles. The van der Waals surface area contributed by atoms with E-state index >= 15 is 0 Å². The molecule has 1 N–H and O–H groups in total. The number of hydrogen-bond donors (Lipinski definition) is 1. The zero-order chi connectivity index (χ0) is 14.8. The lowest BCUT2D eigenvalue weighted by Gasteiger charge is -2.22. The van der Waals surface area contributed by atoms with Gasteiger partial charge < -0.3 is 19.2 Å². The van der Waals surface area contributed by atoms with Gasteiger partial charge in [0.15, 0.2) is 11.5 Å². The molecule has 2 aromatic rings. The van der Waals surface area contributed by atoms with E-state index in [1.807, 2.05) is 31.2 Å². The Kier molecular flexibility index (Phi) is 3.88. The average molecular weight is 287 g/mol. The van der Waals surface area contributed by atoms with Crippen LogP contribution in [0.15, 0.2) is 34.7 Å². The van der Waals surface area contributed by atoms with Crippen molar-refractivity contribution in [3.63, 3.8) is 0 Å². The average Bonchev–Trinajstić information content (AvgIpc) is 2.93. The molecule has 4 nitrogen and oxygen atoms in total. The van der Waals surface area contributed by atoms with Gasteiger partial charge in [0.1, 0.15) is 24.7 Å². The Hall–Kier alpha value is -1.94. The molecule has 2 heterocycles. The molecule has 21 heavy (non-hydrogen) atoms. The van der Waals surface area contributed by atoms with Crippen LogP contribution in [0.2, 0.25) is 0 Å². The van der Waals surface area contributed by atoms with Crippen LogP contribution in [0, 0.1) is 6.92 Å². The second-order valence-corrected chi connectivity index (χ2v) is 5.46. The molecule has 0 spiro atoms. The Morgan fingerprint density at radius 3 is 2.43 bits per heavy atom. The van der Waals surface area contributed by atoms with E-state index in [2.05, 4.69) is 25.2 Å². The summed E-state index contributed by atoms with van der Waals surface area (Å²) in [5.41, 5.74) is 1.18. The Morgan fingerprint density at radius 1 is 0.952 bits per heavy atom. The molecule has 1 aromatic heterocycles. The van der Waals surface area contributed by atoms with Crippen LogP contribution in [0.25, 0.3) is 0 Å². The van der Waals surface area contributed by atoms with Gasteiger partial charge in [-0.3, -0.25) is 0 Å². The van der Waals surface area contributed by atoms with E-state index in [1.54, 1.807) is 0 Å². The number of aryl methyl sites for hydroxylation is 1. The van der Waals surface area contributed by atoms with Gasteiger partial charge in [-0.1, -0.05) is 6.07 Å². The van der Waals surface area contributed by atoms with Gasteiger partial charge >= 0.3 is 0 Å². The molecule has 0 radical (unpaired) electrons. The minimum atomic E-state index is 0.155. The summed E-state index contributed by atoms with van der Waals surface area (Å²) in [7, 11) is 0. The predicted octanol–water partition coefficient (Wildman–Crippen LogP) is 3.77. The summed E-state index contributed by atoms with van der Waals surface area (Å²) < 4.78 is 16.9. The maximum absolute atomic E-state index is 5.67. The fourth-order valence-electron chi connectivity index (χ4n) is 2.57. The zero-order valence-corrected chi connectivity index (χ0v) is 12.7. The topological polar surface area (TPSA) is 43.6 Å². The lowest BCUT2D eigenvalue weighted by atomic mass is 10.1. The van der Waals surface area contributed by atoms with E-state index in [0.717, 1.165) is 23.0 Å². The number of rotatable bonds is 4. The van der Waals surface area contributed by atoms with Crippen LogP contribution >= 0.6 is 0 Å². The first-order valence-electron chi connectivity index (χ1n) is 7.35. The van der Waals surface area contributed by atoms with Crippen molar-refractivity contribution in [3.05, 3.63) is 47.4 Å². The molecule has 2 atom stereocenters. The highest BCUT2D eigenvalue weighted by Crippen LogP contribution is 2.33. The highest BCUT2D eigenvalue weighted by atomic mass is 16.6. The molecular weight excluding hydrogens is 266 g/mol. The van der Waals surface area contributed by atoms with E-state index in [0.29, 0.717) is 13.2 Å². The summed E-state index contributed by atoms with van der Waals surface area (Å²) in [6.07, 6.45) is 0. The van der Waals surface area contributed by atoms with Gasteiger partial charge in [0.2, 0.25) is 0 Å². The van der Waals surface area contributed by atoms with Gasteiger partial charge in [-0.2, -0.15) is 0 Å². The molecule has 0 amide bonds. The molecular formula is C17H21NO3. The van der Waals surface area contributed by atoms with Crippen LogP contribution in [-0.2, 0) is 0 Å². The summed E-state index contributed by atoms with van der Waals surface area (Å²) in [6, 6.07) is 10.5. The van der Waals surface area contributed by atoms with Crippen LogP contribution < -0.4 is 14.8 Å². The first-order valence-corrected chi connectivity index (χ1v) is 7.35. The molecule has 3 rings (SSSR count). The molecule has 4 heteroatoms. The number of fused-ring (bicyclic) bond motifs is 1. The second kappa shape index (κ2) is 5.82. The summed E-state index contributed by atoms with van der Waals surface area (Å²) in [6.45, 7) is 7.43. The Bertz CT molecular complexity index is 620. The normalized spacial score (nSPS) is 16.5. The molecule has 0 saturated carbocycles. The van der Waals surface area contributed by atoms with Crippen molar-refractivity contribution in [2.75, 3.05) is 13.2 Å². The Balaban J connectivity index is 1.71. The molecule has 1 aliphatic rings. The number of ether oxygens (including phenoxy) is 2. The van der Waals surface area contributed by atoms with Crippen LogP contribution in [0.3, 0.4) is 0 Å². The summed E-state index contributed by atoms with van der Waals surface area (Å²) in [5, 5.41) is 3.54. The third-order valence-electron chi connectivity index (χ3n) is 3.75. The van der Waals surface area contributed by atoms with E-state index in [4.69, 9.17) is 13.9 Å². The first-order chi connectivity index (χ1) is 10.1. The molecule has 112 valence electrons. The van der Waals surface area contributed by atoms with Gasteiger partial charge in [-0.15, -0.1) is 0 Å². The minimum Gasteiger partial charge on any atom is -0.486 e. The predicted molar refractivity (Wildman–Crippen MR) is 80.8 cm³/mol. The van der Waals surface area contributed by atoms with E-state index in [9.17, 15) is 0 Å². The summed E-state index contributed by atoms with van der Waals surface area (Å²) in [5.74, 6) is 3.54. The molecule has 0 bridgehead atoms. The van der Waals surface area contributed by atoms with Gasteiger partial charge in [0, 0.05) is 6.04 Å². The van der Waals surface area contributed by atoms with E-state index in [1.165, 1.54) is 5.56 Å². The van der Waals surface area contributed by atoms with E-state index < -0.39 is 0 Å². The fourth-order valence-corrected chi connectivity index (χ4v) is 2.57. The maximum atomic E-state index is 5.67. The van der Waals surface area contributed by atoms with Crippen molar-refractivity contribution in [3.8, 4) is 11.5 Å². The number of nitrogens with one attached hydrogen (secondary N) is 1. The second-order valence-electron chi connectivity index (χ2n) is 5.46. The van der Waals surface area contributed by atoms with Gasteiger partial charge in [-0.05, 0) is 50.6 Å². The van der Waals surface area contributed by atoms with Crippen molar-refractivity contribution in [1.82, 2.24) is 5.32 Å². The third kappa shape index (κ3) is 3.05. The SMILES string of the molecule is Cc1ccc(C(C)NC(C)c2ccc3c(c2)OCCO3)o1. The van der Waals surface area contributed by atoms with E-state index in [-0.39, 0.29) is 12.1 Å². The molecule has 0 saturated heterocycles. The van der Waals surface area contributed by atoms with Gasteiger partial charge in [-0.25, -0.2) is 0 Å². The zero-order valence-electron chi connectivity index (χ0n) is 12.7. The molecule has 2 unspecified atom stereocenters. The van der Waals surface area contributed by atoms with Crippen molar-refractivity contribution >= 4 is 0 Å². The Morgan fingerprint density at radius 2 is 1.71 bits per heavy atom. The smallest absolute Gasteiger partial charge is 0.161 e. The molecule has 0 aliphatic carbocycles. The highest BCUT2D eigenvalue weighted by Gasteiger charge is 2.17. The number of furan rings is 1. The van der Waals surface area contributed by atoms with Crippen LogP contribution in [0.5, 0.6) is 11.5 Å². The van der Waals surface area contributed by atoms with Crippen molar-refractivity contribution in [2.45, 2.75) is 32.9 Å². The van der Waals surface area contributed by atoms with Crippen LogP contribution in [0.4, 0.5) is 0 Å². The number of benzene rings is 1. The first kappa shape index (κ1) is 14.0. The van der Waals surface area contributed by atoms with Crippen molar-refractivity contribution in [1.29, 1.82) is 0 Å². The lowest BCUT2D eigenvalue weighted by Crippen LogP contribution is -2.22. The highest BCUT2D eigenvalue weighted by molar-refractivity contribution is 5.44. The molecule has 1 aliphatic heterocycles. The standard InChI is InChI=1S/C17H21NO3/c1-11-4-6-15(21-11)13(3)18-12(2)14-5-7-16-17(10-14)20-9-8-19-16/h4-7,10,12-13,18H,8-9H2,1-3H3. The maximum Gasteiger partial charge on any atom is 0.161 e. The fraction of sp³-hybridized carbons (Fsp3) is 0.412. The van der Waals surface area contributed by atoms with Gasteiger partial charge in [0.25, 0.3) is 0 Å². The summed E-state index contributed by atoms with van der Waals surface area (Å²) in [4.78, 5) is 0. The third-order valence-corrected chi connectivity index (χ3v) is 3.75. The molecule has 0 fully saturated rings. The minimum absolute atomic E-state index is 0.155. The Labute approximate surface area is 125 Å². The monoisotopic (exact) mass is 287 g/mol. The number of hydrogen-bond acceptors (Lipinski definition) is 4. The summed E-state index contributed by atoms with van der Waals surface area (Å²) >= 11 is 0. The van der Waals surface area contributed by atoms with Crippen molar-refractivity contribution < 1.29 is 13.9 Å².